The van der Waals surface area contributed by atoms with Crippen LogP contribution in [0.1, 0.15) is 110 Å². The highest BCUT2D eigenvalue weighted by Crippen LogP contribution is 2.67. The van der Waals surface area contributed by atoms with E-state index in [1.54, 1.807) is 24.3 Å². The number of allylic oxidation sites excluding steroid dienone is 1. The smallest absolute Gasteiger partial charge is 0.430 e. The van der Waals surface area contributed by atoms with Gasteiger partial charge in [-0.05, 0) is 121 Å². The number of fused-ring (bicyclic) bond motifs is 5. The van der Waals surface area contributed by atoms with Gasteiger partial charge in [0.2, 0.25) is 0 Å². The van der Waals surface area contributed by atoms with E-state index < -0.39 is 6.16 Å². The summed E-state index contributed by atoms with van der Waals surface area (Å²) in [6, 6.07) is 17.1. The third kappa shape index (κ3) is 5.84. The molecule has 2 aromatic carbocycles. The van der Waals surface area contributed by atoms with Crippen LogP contribution in [0, 0.1) is 51.8 Å². The summed E-state index contributed by atoms with van der Waals surface area (Å²) in [4.78, 5) is 12.8. The maximum atomic E-state index is 12.8. The topological polar surface area (TPSA) is 59.3 Å². The van der Waals surface area contributed by atoms with E-state index in [4.69, 9.17) is 14.7 Å². The van der Waals surface area contributed by atoms with Crippen LogP contribution in [-0.4, -0.2) is 12.3 Å². The largest absolute Gasteiger partial charge is 0.514 e. The maximum Gasteiger partial charge on any atom is 0.514 e. The molecule has 0 heterocycles. The zero-order chi connectivity index (χ0) is 30.9. The van der Waals surface area contributed by atoms with Crippen LogP contribution in [0.5, 0.6) is 5.75 Å². The van der Waals surface area contributed by atoms with Crippen LogP contribution < -0.4 is 4.74 Å². The molecule has 8 atom stereocenters. The molecule has 0 aliphatic heterocycles. The number of unbranched alkanes of at least 4 members (excludes halogenated alkanes) is 2. The molecule has 4 aliphatic carbocycles. The highest BCUT2D eigenvalue weighted by molar-refractivity contribution is 5.67. The summed E-state index contributed by atoms with van der Waals surface area (Å²) in [5.74, 6) is 4.66. The van der Waals surface area contributed by atoms with Crippen molar-refractivity contribution in [3.05, 3.63) is 65.7 Å². The maximum absolute atomic E-state index is 12.8. The Morgan fingerprint density at radius 2 is 1.68 bits per heavy atom. The summed E-state index contributed by atoms with van der Waals surface area (Å²) in [5.41, 5.74) is 4.93. The highest BCUT2D eigenvalue weighted by Gasteiger charge is 2.59. The van der Waals surface area contributed by atoms with E-state index >= 15 is 0 Å². The Morgan fingerprint density at radius 3 is 2.39 bits per heavy atom. The first-order chi connectivity index (χ1) is 21.2. The molecule has 44 heavy (non-hydrogen) atoms. The fraction of sp³-hybridized carbons (Fsp3) is 0.600. The highest BCUT2D eigenvalue weighted by atomic mass is 16.7. The van der Waals surface area contributed by atoms with Crippen molar-refractivity contribution in [1.29, 1.82) is 5.26 Å². The average Bonchev–Trinajstić information content (AvgIpc) is 3.39. The van der Waals surface area contributed by atoms with Gasteiger partial charge in [0.15, 0.2) is 0 Å². The van der Waals surface area contributed by atoms with Gasteiger partial charge in [0.05, 0.1) is 11.6 Å². The van der Waals surface area contributed by atoms with Crippen molar-refractivity contribution in [1.82, 2.24) is 0 Å². The molecule has 0 amide bonds. The number of benzene rings is 2. The van der Waals surface area contributed by atoms with Gasteiger partial charge in [0.1, 0.15) is 11.9 Å². The minimum Gasteiger partial charge on any atom is -0.430 e. The molecule has 0 aromatic heterocycles. The van der Waals surface area contributed by atoms with Crippen LogP contribution in [0.2, 0.25) is 0 Å². The summed E-state index contributed by atoms with van der Waals surface area (Å²) in [6.07, 6.45) is 17.0. The fourth-order valence-electron chi connectivity index (χ4n) is 10.3. The molecular formula is C40H51NO3. The van der Waals surface area contributed by atoms with Crippen molar-refractivity contribution in [3.63, 3.8) is 0 Å². The summed E-state index contributed by atoms with van der Waals surface area (Å²) in [5, 5.41) is 9.03. The van der Waals surface area contributed by atoms with Crippen LogP contribution in [0.3, 0.4) is 0 Å². The molecule has 0 spiro atoms. The number of carbonyl (C=O) groups excluding carboxylic acids is 1. The van der Waals surface area contributed by atoms with E-state index in [1.165, 1.54) is 63.4 Å². The third-order valence-electron chi connectivity index (χ3n) is 12.7. The van der Waals surface area contributed by atoms with E-state index in [0.717, 1.165) is 60.0 Å². The van der Waals surface area contributed by atoms with Crippen molar-refractivity contribution < 1.29 is 14.3 Å². The molecule has 0 saturated heterocycles. The molecule has 0 N–H and O–H groups in total. The van der Waals surface area contributed by atoms with Crippen LogP contribution in [0.25, 0.3) is 11.1 Å². The number of hydrogen-bond donors (Lipinski definition) is 0. The Kier molecular flexibility index (Phi) is 8.96. The van der Waals surface area contributed by atoms with Gasteiger partial charge in [-0.3, -0.25) is 0 Å². The molecule has 3 saturated carbocycles. The van der Waals surface area contributed by atoms with E-state index in [0.29, 0.717) is 16.7 Å². The predicted octanol–water partition coefficient (Wildman–Crippen LogP) is 10.9. The number of nitriles is 1. The van der Waals surface area contributed by atoms with Gasteiger partial charge < -0.3 is 9.47 Å². The molecule has 0 bridgehead atoms. The Morgan fingerprint density at radius 1 is 0.955 bits per heavy atom. The van der Waals surface area contributed by atoms with E-state index in [9.17, 15) is 4.79 Å². The van der Waals surface area contributed by atoms with Crippen molar-refractivity contribution in [2.24, 2.45) is 40.4 Å². The minimum atomic E-state index is -0.613. The molecule has 2 aromatic rings. The molecular weight excluding hydrogens is 542 g/mol. The predicted molar refractivity (Wildman–Crippen MR) is 176 cm³/mol. The summed E-state index contributed by atoms with van der Waals surface area (Å²) in [6.45, 7) is 10.1. The Balaban J connectivity index is 1.05. The van der Waals surface area contributed by atoms with Crippen LogP contribution >= 0.6 is 0 Å². The second kappa shape index (κ2) is 12.7. The quantitative estimate of drug-likeness (QED) is 0.132. The monoisotopic (exact) mass is 593 g/mol. The van der Waals surface area contributed by atoms with E-state index in [2.05, 4.69) is 39.8 Å². The molecule has 0 radical (unpaired) electrons. The van der Waals surface area contributed by atoms with Gasteiger partial charge in [0.25, 0.3) is 0 Å². The summed E-state index contributed by atoms with van der Waals surface area (Å²) >= 11 is 0. The first-order valence-electron chi connectivity index (χ1n) is 17.4. The van der Waals surface area contributed by atoms with E-state index in [1.807, 2.05) is 24.3 Å². The van der Waals surface area contributed by atoms with Crippen molar-refractivity contribution in [3.8, 4) is 22.9 Å². The number of nitrogens with zero attached hydrogens (tertiary/aromatic N) is 1. The SMILES string of the molecule is CCCCC[C@@H](C)[C@H]1CC[C@H]2[C@@H]3CC=C4C[C@@H](OC(=O)Oc5ccc(-c6ccc(C#N)cc6)cc5)CC[C@]4(C)[C@H]3CC[C@]12C. The molecule has 6 rings (SSSR count). The second-order valence-corrected chi connectivity index (χ2v) is 15.0. The fourth-order valence-corrected chi connectivity index (χ4v) is 10.3. The molecule has 4 heteroatoms. The number of rotatable bonds is 8. The van der Waals surface area contributed by atoms with Crippen LogP contribution in [0.4, 0.5) is 4.79 Å². The first-order valence-corrected chi connectivity index (χ1v) is 17.4. The lowest BCUT2D eigenvalue weighted by molar-refractivity contribution is -0.0597. The van der Waals surface area contributed by atoms with Gasteiger partial charge in [-0.2, -0.15) is 5.26 Å². The zero-order valence-corrected chi connectivity index (χ0v) is 27.3. The van der Waals surface area contributed by atoms with Crippen molar-refractivity contribution >= 4 is 6.16 Å². The minimum absolute atomic E-state index is 0.120. The van der Waals surface area contributed by atoms with Gasteiger partial charge in [-0.15, -0.1) is 0 Å². The lowest BCUT2D eigenvalue weighted by Gasteiger charge is -2.58. The van der Waals surface area contributed by atoms with Gasteiger partial charge in [-0.25, -0.2) is 4.79 Å². The Labute approximate surface area is 265 Å². The molecule has 4 aliphatic rings. The zero-order valence-electron chi connectivity index (χ0n) is 27.3. The summed E-state index contributed by atoms with van der Waals surface area (Å²) in [7, 11) is 0. The standard InChI is InChI=1S/C40H51NO3/c1-5-6-7-8-27(2)35-19-20-36-34-18-15-31-25-33(21-23-39(31,3)37(34)22-24-40(35,36)4)44-38(42)43-32-16-13-30(14-17-32)29-11-9-28(26-41)10-12-29/h9-17,27,33-37H,5-8,18-25H2,1-4H3/t27-,33+,34+,35-,36+,37+,39+,40-/m1/s1. The number of ether oxygens (including phenoxy) is 2. The molecule has 4 nitrogen and oxygen atoms in total. The lowest BCUT2D eigenvalue weighted by atomic mass is 9.47. The lowest BCUT2D eigenvalue weighted by Crippen LogP contribution is -2.51. The Hall–Kier alpha value is -3.06. The Bertz CT molecular complexity index is 1390. The van der Waals surface area contributed by atoms with Gasteiger partial charge in [0, 0.05) is 6.42 Å². The number of hydrogen-bond acceptors (Lipinski definition) is 4. The summed E-state index contributed by atoms with van der Waals surface area (Å²) < 4.78 is 11.5. The van der Waals surface area contributed by atoms with Gasteiger partial charge in [-0.1, -0.05) is 89.3 Å². The first kappa shape index (κ1) is 30.9. The average molecular weight is 594 g/mol. The van der Waals surface area contributed by atoms with Crippen molar-refractivity contribution in [2.45, 2.75) is 111 Å². The van der Waals surface area contributed by atoms with Gasteiger partial charge >= 0.3 is 6.16 Å². The normalized spacial score (nSPS) is 33.2. The number of carbonyl (C=O) groups is 1. The molecule has 234 valence electrons. The molecule has 0 unspecified atom stereocenters. The van der Waals surface area contributed by atoms with Crippen LogP contribution in [0.15, 0.2) is 60.2 Å². The third-order valence-corrected chi connectivity index (χ3v) is 12.7. The second-order valence-electron chi connectivity index (χ2n) is 15.0. The van der Waals surface area contributed by atoms with Crippen LogP contribution in [-0.2, 0) is 4.74 Å². The van der Waals surface area contributed by atoms with Crippen molar-refractivity contribution in [2.75, 3.05) is 0 Å². The molecule has 3 fully saturated rings. The van der Waals surface area contributed by atoms with E-state index in [-0.39, 0.29) is 11.5 Å².